The molecule has 7 heteroatoms. The van der Waals surface area contributed by atoms with E-state index in [-0.39, 0.29) is 17.5 Å². The van der Waals surface area contributed by atoms with Crippen LogP contribution in [-0.4, -0.2) is 37.1 Å². The molecule has 0 fully saturated rings. The summed E-state index contributed by atoms with van der Waals surface area (Å²) >= 11 is 5.83. The second-order valence-electron chi connectivity index (χ2n) is 5.34. The molecule has 0 aliphatic rings. The number of rotatable bonds is 8. The summed E-state index contributed by atoms with van der Waals surface area (Å²) in [5.74, 6) is -0.589. The summed E-state index contributed by atoms with van der Waals surface area (Å²) in [5, 5.41) is 6.18. The summed E-state index contributed by atoms with van der Waals surface area (Å²) in [4.78, 5) is 28.3. The van der Waals surface area contributed by atoms with Crippen molar-refractivity contribution in [1.29, 1.82) is 0 Å². The fourth-order valence-electron chi connectivity index (χ4n) is 2.09. The highest BCUT2D eigenvalue weighted by Gasteiger charge is 2.11. The number of nitrogens with zero attached hydrogens (tertiary/aromatic N) is 1. The molecule has 0 radical (unpaired) electrons. The van der Waals surface area contributed by atoms with Crippen LogP contribution >= 0.6 is 11.6 Å². The predicted octanol–water partition coefficient (Wildman–Crippen LogP) is 2.43. The second kappa shape index (κ2) is 9.76. The van der Waals surface area contributed by atoms with Crippen molar-refractivity contribution < 1.29 is 14.3 Å². The van der Waals surface area contributed by atoms with Crippen molar-refractivity contribution in [3.8, 4) is 0 Å². The van der Waals surface area contributed by atoms with Crippen LogP contribution in [0, 0.1) is 0 Å². The van der Waals surface area contributed by atoms with Crippen LogP contribution in [0.5, 0.6) is 0 Å². The summed E-state index contributed by atoms with van der Waals surface area (Å²) in [5.41, 5.74) is 1.52. The lowest BCUT2D eigenvalue weighted by Crippen LogP contribution is -2.27. The van der Waals surface area contributed by atoms with Gasteiger partial charge in [-0.25, -0.2) is 0 Å². The lowest BCUT2D eigenvalue weighted by Gasteiger charge is -2.08. The maximum Gasteiger partial charge on any atom is 0.269 e. The summed E-state index contributed by atoms with van der Waals surface area (Å²) < 4.78 is 4.92. The summed E-state index contributed by atoms with van der Waals surface area (Å²) in [6.07, 6.45) is 2.16. The number of carbonyl (C=O) groups is 2. The number of carbonyl (C=O) groups excluding carboxylic acids is 2. The third-order valence-corrected chi connectivity index (χ3v) is 3.68. The Hall–Kier alpha value is -2.44. The Balaban J connectivity index is 1.91. The highest BCUT2D eigenvalue weighted by atomic mass is 35.5. The molecule has 2 N–H and O–H groups in total. The Kier molecular flexibility index (Phi) is 7.37. The van der Waals surface area contributed by atoms with E-state index in [1.54, 1.807) is 25.3 Å². The van der Waals surface area contributed by atoms with Gasteiger partial charge in [-0.15, -0.1) is 0 Å². The zero-order chi connectivity index (χ0) is 18.1. The molecule has 1 aromatic heterocycles. The average Bonchev–Trinajstić information content (AvgIpc) is 2.64. The lowest BCUT2D eigenvalue weighted by atomic mass is 10.2. The molecule has 0 bridgehead atoms. The number of hydrogen-bond acceptors (Lipinski definition) is 4. The minimum atomic E-state index is -0.316. The molecule has 0 atom stereocenters. The van der Waals surface area contributed by atoms with Gasteiger partial charge in [0.15, 0.2) is 0 Å². The van der Waals surface area contributed by atoms with Gasteiger partial charge in [0.25, 0.3) is 11.8 Å². The van der Waals surface area contributed by atoms with Crippen LogP contribution in [-0.2, 0) is 11.3 Å². The third-order valence-electron chi connectivity index (χ3n) is 3.43. The van der Waals surface area contributed by atoms with E-state index in [9.17, 15) is 9.59 Å². The molecule has 0 unspecified atom stereocenters. The molecule has 0 aliphatic carbocycles. The minimum absolute atomic E-state index is 0.205. The number of hydrogen-bond donors (Lipinski definition) is 2. The molecule has 0 saturated heterocycles. The number of amides is 2. The molecular formula is C18H20ClN3O3. The second-order valence-corrected chi connectivity index (χ2v) is 5.78. The fraction of sp³-hybridized carbons (Fsp3) is 0.278. The van der Waals surface area contributed by atoms with E-state index in [2.05, 4.69) is 15.6 Å². The Morgan fingerprint density at radius 2 is 1.88 bits per heavy atom. The molecule has 1 aromatic carbocycles. The molecular weight excluding hydrogens is 342 g/mol. The first-order valence-corrected chi connectivity index (χ1v) is 8.24. The normalized spacial score (nSPS) is 10.3. The average molecular weight is 362 g/mol. The maximum atomic E-state index is 12.2. The number of pyridine rings is 1. The predicted molar refractivity (Wildman–Crippen MR) is 95.7 cm³/mol. The topological polar surface area (TPSA) is 80.3 Å². The van der Waals surface area contributed by atoms with Crippen LogP contribution in [0.2, 0.25) is 5.02 Å². The van der Waals surface area contributed by atoms with Gasteiger partial charge in [-0.05, 0) is 36.2 Å². The zero-order valence-electron chi connectivity index (χ0n) is 13.9. The number of aromatic nitrogens is 1. The Labute approximate surface area is 151 Å². The molecule has 2 rings (SSSR count). The molecule has 1 heterocycles. The number of nitrogens with one attached hydrogen (secondary N) is 2. The molecule has 0 aliphatic heterocycles. The van der Waals surface area contributed by atoms with Crippen LogP contribution in [0.25, 0.3) is 0 Å². The van der Waals surface area contributed by atoms with Crippen LogP contribution in [0.4, 0.5) is 0 Å². The molecule has 2 amide bonds. The SMILES string of the molecule is COCCCNC(=O)c1cc(C(=O)NCc2ccc(Cl)cc2)ccn1. The van der Waals surface area contributed by atoms with Gasteiger partial charge in [0, 0.05) is 43.6 Å². The number of halogens is 1. The van der Waals surface area contributed by atoms with E-state index in [1.165, 1.54) is 12.3 Å². The van der Waals surface area contributed by atoms with Crippen LogP contribution in [0.3, 0.4) is 0 Å². The van der Waals surface area contributed by atoms with Gasteiger partial charge in [0.1, 0.15) is 5.69 Å². The van der Waals surface area contributed by atoms with Gasteiger partial charge in [-0.1, -0.05) is 23.7 Å². The monoisotopic (exact) mass is 361 g/mol. The molecule has 132 valence electrons. The Bertz CT molecular complexity index is 720. The van der Waals surface area contributed by atoms with E-state index in [1.807, 2.05) is 12.1 Å². The molecule has 6 nitrogen and oxygen atoms in total. The maximum absolute atomic E-state index is 12.2. The van der Waals surface area contributed by atoms with E-state index in [0.717, 1.165) is 5.56 Å². The van der Waals surface area contributed by atoms with Gasteiger partial charge in [0.2, 0.25) is 0 Å². The van der Waals surface area contributed by atoms with Crippen molar-refractivity contribution in [2.45, 2.75) is 13.0 Å². The quantitative estimate of drug-likeness (QED) is 0.708. The van der Waals surface area contributed by atoms with Crippen LogP contribution in [0.1, 0.15) is 32.8 Å². The Morgan fingerprint density at radius 1 is 1.12 bits per heavy atom. The standard InChI is InChI=1S/C18H20ClN3O3/c1-25-10-2-8-21-18(24)16-11-14(7-9-20-16)17(23)22-12-13-3-5-15(19)6-4-13/h3-7,9,11H,2,8,10,12H2,1H3,(H,21,24)(H,22,23). The van der Waals surface area contributed by atoms with Gasteiger partial charge >= 0.3 is 0 Å². The smallest absolute Gasteiger partial charge is 0.269 e. The van der Waals surface area contributed by atoms with Crippen molar-refractivity contribution in [2.24, 2.45) is 0 Å². The Morgan fingerprint density at radius 3 is 2.60 bits per heavy atom. The van der Waals surface area contributed by atoms with E-state index in [0.29, 0.717) is 36.7 Å². The van der Waals surface area contributed by atoms with Crippen molar-refractivity contribution >= 4 is 23.4 Å². The number of benzene rings is 1. The fourth-order valence-corrected chi connectivity index (χ4v) is 2.22. The minimum Gasteiger partial charge on any atom is -0.385 e. The van der Waals surface area contributed by atoms with Crippen molar-refractivity contribution in [3.63, 3.8) is 0 Å². The highest BCUT2D eigenvalue weighted by Crippen LogP contribution is 2.09. The first kappa shape index (κ1) is 18.9. The first-order valence-electron chi connectivity index (χ1n) is 7.86. The molecule has 0 saturated carbocycles. The highest BCUT2D eigenvalue weighted by molar-refractivity contribution is 6.30. The lowest BCUT2D eigenvalue weighted by molar-refractivity contribution is 0.0943. The molecule has 0 spiro atoms. The summed E-state index contributed by atoms with van der Waals surface area (Å²) in [6, 6.07) is 10.3. The van der Waals surface area contributed by atoms with Gasteiger partial charge in [-0.2, -0.15) is 0 Å². The van der Waals surface area contributed by atoms with Crippen molar-refractivity contribution in [3.05, 3.63) is 64.4 Å². The van der Waals surface area contributed by atoms with Gasteiger partial charge in [-0.3, -0.25) is 14.6 Å². The van der Waals surface area contributed by atoms with Gasteiger partial charge in [0.05, 0.1) is 0 Å². The first-order chi connectivity index (χ1) is 12.1. The number of methoxy groups -OCH3 is 1. The largest absolute Gasteiger partial charge is 0.385 e. The third kappa shape index (κ3) is 6.17. The summed E-state index contributed by atoms with van der Waals surface area (Å²) in [6.45, 7) is 1.43. The summed E-state index contributed by atoms with van der Waals surface area (Å²) in [7, 11) is 1.61. The van der Waals surface area contributed by atoms with E-state index in [4.69, 9.17) is 16.3 Å². The number of ether oxygens (including phenoxy) is 1. The molecule has 25 heavy (non-hydrogen) atoms. The molecule has 2 aromatic rings. The van der Waals surface area contributed by atoms with Crippen LogP contribution in [0.15, 0.2) is 42.6 Å². The van der Waals surface area contributed by atoms with Crippen molar-refractivity contribution in [1.82, 2.24) is 15.6 Å². The van der Waals surface area contributed by atoms with Gasteiger partial charge < -0.3 is 15.4 Å². The van der Waals surface area contributed by atoms with Crippen LogP contribution < -0.4 is 10.6 Å². The van der Waals surface area contributed by atoms with Crippen molar-refractivity contribution in [2.75, 3.05) is 20.3 Å². The zero-order valence-corrected chi connectivity index (χ0v) is 14.7. The van der Waals surface area contributed by atoms with E-state index < -0.39 is 0 Å². The van der Waals surface area contributed by atoms with E-state index >= 15 is 0 Å².